The highest BCUT2D eigenvalue weighted by Crippen LogP contribution is 2.20. The minimum atomic E-state index is -0.501. The Morgan fingerprint density at radius 2 is 1.52 bits per heavy atom. The van der Waals surface area contributed by atoms with Gasteiger partial charge in [-0.05, 0) is 37.5 Å². The van der Waals surface area contributed by atoms with E-state index in [4.69, 9.17) is 9.47 Å². The Morgan fingerprint density at radius 3 is 2.09 bits per heavy atom. The largest absolute Gasteiger partial charge is 0.449 e. The van der Waals surface area contributed by atoms with Crippen LogP contribution in [0, 0.1) is 6.92 Å². The monoisotopic (exact) mass is 322 g/mol. The van der Waals surface area contributed by atoms with Crippen LogP contribution in [0.3, 0.4) is 0 Å². The minimum absolute atomic E-state index is 0.392. The van der Waals surface area contributed by atoms with Crippen molar-refractivity contribution in [2.75, 3.05) is 23.8 Å². The van der Waals surface area contributed by atoms with Crippen LogP contribution in [0.4, 0.5) is 21.0 Å². The number of aryl methyl sites for hydroxylation is 1. The van der Waals surface area contributed by atoms with Gasteiger partial charge in [-0.25, -0.2) is 9.59 Å². The lowest BCUT2D eigenvalue weighted by Gasteiger charge is -2.12. The average Bonchev–Trinajstić information content (AvgIpc) is 2.51. The summed E-state index contributed by atoms with van der Waals surface area (Å²) in [6.45, 7) is 6.70. The molecule has 0 radical (unpaired) electrons. The number of nitrogens with one attached hydrogen (secondary N) is 2. The van der Waals surface area contributed by atoms with Crippen LogP contribution in [0.5, 0.6) is 0 Å². The van der Waals surface area contributed by atoms with E-state index in [-0.39, 0.29) is 0 Å². The van der Waals surface area contributed by atoms with Crippen molar-refractivity contribution >= 4 is 23.6 Å². The fourth-order valence-electron chi connectivity index (χ4n) is 1.75. The zero-order valence-corrected chi connectivity index (χ0v) is 14.1. The number of ether oxygens (including phenoxy) is 2. The van der Waals surface area contributed by atoms with Gasteiger partial charge in [-0.1, -0.05) is 32.8 Å². The van der Waals surface area contributed by atoms with E-state index in [0.717, 1.165) is 31.2 Å². The SMILES string of the molecule is CCCCOC(=O)Nc1ccc(C)c(NC(=O)OCCCC)c1. The molecule has 23 heavy (non-hydrogen) atoms. The Bertz CT molecular complexity index is 517. The molecule has 1 aromatic rings. The number of carbonyl (C=O) groups is 2. The second kappa shape index (κ2) is 10.5. The quantitative estimate of drug-likeness (QED) is 0.681. The molecule has 0 aliphatic heterocycles. The van der Waals surface area contributed by atoms with Crippen molar-refractivity contribution < 1.29 is 19.1 Å². The normalized spacial score (nSPS) is 10.0. The fraction of sp³-hybridized carbons (Fsp3) is 0.529. The summed E-state index contributed by atoms with van der Waals surface area (Å²) < 4.78 is 10.1. The summed E-state index contributed by atoms with van der Waals surface area (Å²) in [6.07, 6.45) is 2.59. The fourth-order valence-corrected chi connectivity index (χ4v) is 1.75. The van der Waals surface area contributed by atoms with Gasteiger partial charge in [0.15, 0.2) is 0 Å². The second-order valence-corrected chi connectivity index (χ2v) is 5.26. The lowest BCUT2D eigenvalue weighted by atomic mass is 10.2. The highest BCUT2D eigenvalue weighted by atomic mass is 16.6. The predicted molar refractivity (Wildman–Crippen MR) is 90.9 cm³/mol. The molecule has 0 saturated carbocycles. The number of carbonyl (C=O) groups excluding carboxylic acids is 2. The Kier molecular flexibility index (Phi) is 8.57. The molecule has 0 saturated heterocycles. The van der Waals surface area contributed by atoms with Crippen LogP contribution in [0.1, 0.15) is 45.1 Å². The molecule has 0 atom stereocenters. The third-order valence-electron chi connectivity index (χ3n) is 3.18. The molecule has 2 amide bonds. The maximum absolute atomic E-state index is 11.7. The molecule has 2 N–H and O–H groups in total. The highest BCUT2D eigenvalue weighted by molar-refractivity contribution is 5.89. The van der Waals surface area contributed by atoms with Gasteiger partial charge in [0, 0.05) is 11.4 Å². The Hall–Kier alpha value is -2.24. The highest BCUT2D eigenvalue weighted by Gasteiger charge is 2.08. The van der Waals surface area contributed by atoms with Crippen molar-refractivity contribution in [3.05, 3.63) is 23.8 Å². The van der Waals surface area contributed by atoms with E-state index in [0.29, 0.717) is 24.6 Å². The summed E-state index contributed by atoms with van der Waals surface area (Å²) in [5.41, 5.74) is 2.03. The van der Waals surface area contributed by atoms with E-state index in [1.165, 1.54) is 0 Å². The molecule has 0 unspecified atom stereocenters. The standard InChI is InChI=1S/C17H26N2O4/c1-4-6-10-22-16(20)18-14-9-8-13(3)15(12-14)19-17(21)23-11-7-5-2/h8-9,12H,4-7,10-11H2,1-3H3,(H,18,20)(H,19,21). The van der Waals surface area contributed by atoms with Crippen LogP contribution in [0.25, 0.3) is 0 Å². The molecular weight excluding hydrogens is 296 g/mol. The van der Waals surface area contributed by atoms with Crippen LogP contribution in [-0.2, 0) is 9.47 Å². The van der Waals surface area contributed by atoms with Gasteiger partial charge < -0.3 is 9.47 Å². The van der Waals surface area contributed by atoms with Crippen molar-refractivity contribution in [3.8, 4) is 0 Å². The number of hydrogen-bond acceptors (Lipinski definition) is 4. The molecular formula is C17H26N2O4. The van der Waals surface area contributed by atoms with Crippen LogP contribution < -0.4 is 10.6 Å². The lowest BCUT2D eigenvalue weighted by Crippen LogP contribution is -2.17. The molecule has 0 aromatic heterocycles. The predicted octanol–water partition coefficient (Wildman–Crippen LogP) is 4.69. The van der Waals surface area contributed by atoms with Crippen LogP contribution in [-0.4, -0.2) is 25.4 Å². The van der Waals surface area contributed by atoms with Crippen LogP contribution >= 0.6 is 0 Å². The summed E-state index contributed by atoms with van der Waals surface area (Å²) in [5, 5.41) is 5.32. The number of rotatable bonds is 8. The molecule has 0 spiro atoms. The molecule has 0 heterocycles. The van der Waals surface area contributed by atoms with Gasteiger partial charge in [-0.3, -0.25) is 10.6 Å². The van der Waals surface area contributed by atoms with Crippen molar-refractivity contribution in [2.24, 2.45) is 0 Å². The first-order valence-electron chi connectivity index (χ1n) is 8.05. The van der Waals surface area contributed by atoms with Gasteiger partial charge in [0.05, 0.1) is 13.2 Å². The first-order chi connectivity index (χ1) is 11.1. The van der Waals surface area contributed by atoms with Gasteiger partial charge >= 0.3 is 12.2 Å². The maximum atomic E-state index is 11.7. The van der Waals surface area contributed by atoms with Crippen molar-refractivity contribution in [2.45, 2.75) is 46.5 Å². The Morgan fingerprint density at radius 1 is 0.957 bits per heavy atom. The maximum Gasteiger partial charge on any atom is 0.411 e. The molecule has 6 heteroatoms. The van der Waals surface area contributed by atoms with E-state index >= 15 is 0 Å². The number of amides is 2. The van der Waals surface area contributed by atoms with Gasteiger partial charge in [-0.2, -0.15) is 0 Å². The minimum Gasteiger partial charge on any atom is -0.449 e. The summed E-state index contributed by atoms with van der Waals surface area (Å²) in [6, 6.07) is 5.24. The molecule has 0 aliphatic rings. The molecule has 1 aromatic carbocycles. The number of benzene rings is 1. The zero-order chi connectivity index (χ0) is 17.1. The van der Waals surface area contributed by atoms with Gasteiger partial charge in [0.1, 0.15) is 0 Å². The summed E-state index contributed by atoms with van der Waals surface area (Å²) in [4.78, 5) is 23.3. The smallest absolute Gasteiger partial charge is 0.411 e. The Labute approximate surface area is 137 Å². The van der Waals surface area contributed by atoms with Gasteiger partial charge in [-0.15, -0.1) is 0 Å². The molecule has 0 aliphatic carbocycles. The van der Waals surface area contributed by atoms with E-state index in [9.17, 15) is 9.59 Å². The second-order valence-electron chi connectivity index (χ2n) is 5.26. The van der Waals surface area contributed by atoms with Crippen LogP contribution in [0.2, 0.25) is 0 Å². The lowest BCUT2D eigenvalue weighted by molar-refractivity contribution is 0.159. The third-order valence-corrected chi connectivity index (χ3v) is 3.18. The van der Waals surface area contributed by atoms with Gasteiger partial charge in [0.2, 0.25) is 0 Å². The third kappa shape index (κ3) is 7.54. The van der Waals surface area contributed by atoms with E-state index in [1.807, 2.05) is 26.8 Å². The summed E-state index contributed by atoms with van der Waals surface area (Å²) in [5.74, 6) is 0. The molecule has 0 bridgehead atoms. The topological polar surface area (TPSA) is 76.7 Å². The average molecular weight is 322 g/mol. The molecule has 1 rings (SSSR count). The van der Waals surface area contributed by atoms with E-state index in [1.54, 1.807) is 12.1 Å². The van der Waals surface area contributed by atoms with Crippen molar-refractivity contribution in [1.82, 2.24) is 0 Å². The Balaban J connectivity index is 2.57. The first-order valence-corrected chi connectivity index (χ1v) is 8.05. The zero-order valence-electron chi connectivity index (χ0n) is 14.1. The first kappa shape index (κ1) is 18.8. The van der Waals surface area contributed by atoms with Crippen LogP contribution in [0.15, 0.2) is 18.2 Å². The van der Waals surface area contributed by atoms with Crippen molar-refractivity contribution in [1.29, 1.82) is 0 Å². The van der Waals surface area contributed by atoms with Gasteiger partial charge in [0.25, 0.3) is 0 Å². The number of hydrogen-bond donors (Lipinski definition) is 2. The molecule has 0 fully saturated rings. The molecule has 128 valence electrons. The summed E-state index contributed by atoms with van der Waals surface area (Å²) in [7, 11) is 0. The van der Waals surface area contributed by atoms with E-state index < -0.39 is 12.2 Å². The van der Waals surface area contributed by atoms with Crippen molar-refractivity contribution in [3.63, 3.8) is 0 Å². The molecule has 6 nitrogen and oxygen atoms in total. The van der Waals surface area contributed by atoms with E-state index in [2.05, 4.69) is 10.6 Å². The summed E-state index contributed by atoms with van der Waals surface area (Å²) >= 11 is 0. The number of anilines is 2. The number of unbranched alkanes of at least 4 members (excludes halogenated alkanes) is 2.